The summed E-state index contributed by atoms with van der Waals surface area (Å²) in [6.07, 6.45) is 0. The number of carbonyl (C=O) groups is 1. The number of halogens is 1. The van der Waals surface area contributed by atoms with Gasteiger partial charge in [-0.1, -0.05) is 29.4 Å². The van der Waals surface area contributed by atoms with E-state index >= 15 is 0 Å². The van der Waals surface area contributed by atoms with E-state index in [9.17, 15) is 9.18 Å². The quantitative estimate of drug-likeness (QED) is 0.610. The summed E-state index contributed by atoms with van der Waals surface area (Å²) in [4.78, 5) is 13.5. The Morgan fingerprint density at radius 3 is 2.67 bits per heavy atom. The number of amides is 1. The predicted octanol–water partition coefficient (Wildman–Crippen LogP) is 4.96. The molecule has 1 amide bonds. The molecule has 0 fully saturated rings. The molecule has 6 heteroatoms. The van der Waals surface area contributed by atoms with Gasteiger partial charge in [0.25, 0.3) is 5.91 Å². The summed E-state index contributed by atoms with van der Waals surface area (Å²) in [7, 11) is 0. The molecule has 140 valence electrons. The van der Waals surface area contributed by atoms with Gasteiger partial charge in [-0.2, -0.15) is 0 Å². The van der Waals surface area contributed by atoms with Crippen LogP contribution in [0.25, 0.3) is 0 Å². The van der Waals surface area contributed by atoms with Crippen molar-refractivity contribution in [2.45, 2.75) is 38.0 Å². The maximum Gasteiger partial charge on any atom is 0.252 e. The lowest BCUT2D eigenvalue weighted by Gasteiger charge is -2.10. The molecule has 0 aliphatic rings. The Hall–Kier alpha value is -2.60. The van der Waals surface area contributed by atoms with Gasteiger partial charge in [-0.15, -0.1) is 11.8 Å². The van der Waals surface area contributed by atoms with Gasteiger partial charge in [0, 0.05) is 22.8 Å². The smallest absolute Gasteiger partial charge is 0.252 e. The summed E-state index contributed by atoms with van der Waals surface area (Å²) in [6, 6.07) is 12.4. The molecule has 0 atom stereocenters. The molecular weight excluding hydrogens is 363 g/mol. The lowest BCUT2D eigenvalue weighted by Crippen LogP contribution is -2.23. The number of carbonyl (C=O) groups excluding carboxylic acids is 1. The summed E-state index contributed by atoms with van der Waals surface area (Å²) in [5, 5.41) is 6.83. The lowest BCUT2D eigenvalue weighted by molar-refractivity contribution is 0.0948. The average molecular weight is 384 g/mol. The highest BCUT2D eigenvalue weighted by Crippen LogP contribution is 2.28. The molecule has 0 saturated carbocycles. The van der Waals surface area contributed by atoms with E-state index in [1.54, 1.807) is 30.8 Å². The number of rotatable bonds is 6. The number of hydrogen-bond donors (Lipinski definition) is 1. The fourth-order valence-electron chi connectivity index (χ4n) is 2.66. The molecule has 0 radical (unpaired) electrons. The first-order chi connectivity index (χ1) is 13.0. The summed E-state index contributed by atoms with van der Waals surface area (Å²) < 4.78 is 18.9. The maximum absolute atomic E-state index is 13.7. The van der Waals surface area contributed by atoms with E-state index in [4.69, 9.17) is 4.52 Å². The van der Waals surface area contributed by atoms with Crippen LogP contribution in [-0.4, -0.2) is 11.1 Å². The summed E-state index contributed by atoms with van der Waals surface area (Å²) >= 11 is 1.57. The molecule has 3 rings (SSSR count). The first-order valence-corrected chi connectivity index (χ1v) is 9.61. The van der Waals surface area contributed by atoms with Crippen molar-refractivity contribution >= 4 is 17.7 Å². The van der Waals surface area contributed by atoms with Crippen LogP contribution in [0.2, 0.25) is 0 Å². The van der Waals surface area contributed by atoms with Crippen molar-refractivity contribution < 1.29 is 13.7 Å². The average Bonchev–Trinajstić information content (AvgIpc) is 2.99. The van der Waals surface area contributed by atoms with Crippen LogP contribution in [0.5, 0.6) is 0 Å². The van der Waals surface area contributed by atoms with Crippen LogP contribution >= 0.6 is 11.8 Å². The number of benzene rings is 2. The molecule has 3 aromatic rings. The number of thioether (sulfide) groups is 1. The molecule has 0 bridgehead atoms. The van der Waals surface area contributed by atoms with Crippen LogP contribution < -0.4 is 5.32 Å². The van der Waals surface area contributed by atoms with E-state index < -0.39 is 0 Å². The topological polar surface area (TPSA) is 55.1 Å². The predicted molar refractivity (Wildman–Crippen MR) is 104 cm³/mol. The third kappa shape index (κ3) is 4.57. The first kappa shape index (κ1) is 19.2. The van der Waals surface area contributed by atoms with Crippen LogP contribution in [0.15, 0.2) is 51.9 Å². The molecule has 0 saturated heterocycles. The van der Waals surface area contributed by atoms with Gasteiger partial charge in [0.15, 0.2) is 0 Å². The molecule has 0 aliphatic carbocycles. The molecule has 2 aromatic carbocycles. The van der Waals surface area contributed by atoms with Crippen LogP contribution in [0.1, 0.15) is 38.5 Å². The zero-order valence-corrected chi connectivity index (χ0v) is 16.3. The fraction of sp³-hybridized carbons (Fsp3) is 0.238. The van der Waals surface area contributed by atoms with E-state index in [0.717, 1.165) is 27.5 Å². The van der Waals surface area contributed by atoms with Gasteiger partial charge in [0.1, 0.15) is 11.6 Å². The maximum atomic E-state index is 13.7. The van der Waals surface area contributed by atoms with E-state index in [2.05, 4.69) is 10.5 Å². The van der Waals surface area contributed by atoms with Crippen molar-refractivity contribution in [1.29, 1.82) is 0 Å². The van der Waals surface area contributed by atoms with Crippen molar-refractivity contribution in [3.8, 4) is 0 Å². The van der Waals surface area contributed by atoms with Gasteiger partial charge >= 0.3 is 0 Å². The first-order valence-electron chi connectivity index (χ1n) is 8.62. The number of aromatic nitrogens is 1. The van der Waals surface area contributed by atoms with E-state index in [0.29, 0.717) is 16.9 Å². The Labute approximate surface area is 162 Å². The Balaban J connectivity index is 1.69. The summed E-state index contributed by atoms with van der Waals surface area (Å²) in [6.45, 7) is 5.78. The van der Waals surface area contributed by atoms with E-state index in [1.165, 1.54) is 6.07 Å². The second-order valence-electron chi connectivity index (χ2n) is 6.35. The molecule has 0 aliphatic heterocycles. The van der Waals surface area contributed by atoms with Crippen LogP contribution in [0.3, 0.4) is 0 Å². The number of aryl methyl sites for hydroxylation is 3. The molecule has 4 nitrogen and oxygen atoms in total. The summed E-state index contributed by atoms with van der Waals surface area (Å²) in [5.41, 5.74) is 3.83. The molecule has 0 unspecified atom stereocenters. The molecule has 1 N–H and O–H groups in total. The molecule has 1 aromatic heterocycles. The van der Waals surface area contributed by atoms with Gasteiger partial charge in [-0.05, 0) is 50.1 Å². The largest absolute Gasteiger partial charge is 0.361 e. The van der Waals surface area contributed by atoms with Crippen LogP contribution in [0.4, 0.5) is 4.39 Å². The van der Waals surface area contributed by atoms with Gasteiger partial charge < -0.3 is 9.84 Å². The molecule has 1 heterocycles. The lowest BCUT2D eigenvalue weighted by atomic mass is 10.1. The third-order valence-corrected chi connectivity index (χ3v) is 5.47. The molecule has 0 spiro atoms. The van der Waals surface area contributed by atoms with Gasteiger partial charge in [0.2, 0.25) is 0 Å². The van der Waals surface area contributed by atoms with Gasteiger partial charge in [-0.25, -0.2) is 4.39 Å². The standard InChI is InChI=1S/C21H21FN2O2S/c1-13-8-9-16(10-19(13)22)11-23-21(25)17-6-4-5-7-20(17)27-12-18-14(2)24-26-15(18)3/h4-10H,11-12H2,1-3H3,(H,23,25). The second-order valence-corrected chi connectivity index (χ2v) is 7.37. The highest BCUT2D eigenvalue weighted by Gasteiger charge is 2.14. The fourth-order valence-corrected chi connectivity index (χ4v) is 3.86. The number of nitrogens with one attached hydrogen (secondary N) is 1. The van der Waals surface area contributed by atoms with Gasteiger partial charge in [-0.3, -0.25) is 4.79 Å². The third-order valence-electron chi connectivity index (χ3n) is 4.37. The van der Waals surface area contributed by atoms with Crippen molar-refractivity contribution in [2.75, 3.05) is 0 Å². The highest BCUT2D eigenvalue weighted by molar-refractivity contribution is 7.98. The Morgan fingerprint density at radius 1 is 1.19 bits per heavy atom. The minimum Gasteiger partial charge on any atom is -0.361 e. The monoisotopic (exact) mass is 384 g/mol. The van der Waals surface area contributed by atoms with Gasteiger partial charge in [0.05, 0.1) is 11.3 Å². The number of nitrogens with zero attached hydrogens (tertiary/aromatic N) is 1. The molecular formula is C21H21FN2O2S. The minimum atomic E-state index is -0.267. The molecule has 27 heavy (non-hydrogen) atoms. The minimum absolute atomic E-state index is 0.183. The second kappa shape index (κ2) is 8.39. The zero-order valence-electron chi connectivity index (χ0n) is 15.5. The SMILES string of the molecule is Cc1ccc(CNC(=O)c2ccccc2SCc2c(C)noc2C)cc1F. The van der Waals surface area contributed by atoms with E-state index in [1.807, 2.05) is 38.1 Å². The van der Waals surface area contributed by atoms with Crippen LogP contribution in [-0.2, 0) is 12.3 Å². The van der Waals surface area contributed by atoms with Crippen molar-refractivity contribution in [1.82, 2.24) is 10.5 Å². The van der Waals surface area contributed by atoms with Crippen LogP contribution in [0, 0.1) is 26.6 Å². The Morgan fingerprint density at radius 2 is 1.96 bits per heavy atom. The van der Waals surface area contributed by atoms with Crippen molar-refractivity contribution in [2.24, 2.45) is 0 Å². The summed E-state index contributed by atoms with van der Waals surface area (Å²) in [5.74, 6) is 1.02. The number of hydrogen-bond acceptors (Lipinski definition) is 4. The highest BCUT2D eigenvalue weighted by atomic mass is 32.2. The Kier molecular flexibility index (Phi) is 5.96. The van der Waals surface area contributed by atoms with E-state index in [-0.39, 0.29) is 18.3 Å². The Bertz CT molecular complexity index is 949. The zero-order chi connectivity index (χ0) is 19.4. The van der Waals surface area contributed by atoms with Crippen molar-refractivity contribution in [3.63, 3.8) is 0 Å². The van der Waals surface area contributed by atoms with Crippen molar-refractivity contribution in [3.05, 3.63) is 82.0 Å². The normalized spacial score (nSPS) is 10.8.